The molecule has 0 aromatic heterocycles. The third-order valence-corrected chi connectivity index (χ3v) is 5.40. The van der Waals surface area contributed by atoms with Crippen LogP contribution < -0.4 is 0 Å². The van der Waals surface area contributed by atoms with Crippen molar-refractivity contribution in [2.24, 2.45) is 0 Å². The Kier molecular flexibility index (Phi) is 3.11. The zero-order chi connectivity index (χ0) is 10.7. The molecule has 0 bridgehead atoms. The first-order valence-electron chi connectivity index (χ1n) is 4.88. The van der Waals surface area contributed by atoms with E-state index in [9.17, 15) is 4.79 Å². The zero-order valence-corrected chi connectivity index (χ0v) is 10.1. The zero-order valence-electron chi connectivity index (χ0n) is 9.23. The predicted octanol–water partition coefficient (Wildman–Crippen LogP) is 2.83. The summed E-state index contributed by atoms with van der Waals surface area (Å²) < 4.78 is 0. The summed E-state index contributed by atoms with van der Waals surface area (Å²) in [7, 11) is 0. The van der Waals surface area contributed by atoms with Gasteiger partial charge in [0.1, 0.15) is 0 Å². The molecule has 0 amide bonds. The molecule has 1 nitrogen and oxygen atoms in total. The Balaban J connectivity index is 2.82. The van der Waals surface area contributed by atoms with E-state index in [1.807, 2.05) is 6.07 Å². The van der Waals surface area contributed by atoms with Gasteiger partial charge in [-0.05, 0) is 0 Å². The summed E-state index contributed by atoms with van der Waals surface area (Å²) in [4.78, 5) is 10.6. The van der Waals surface area contributed by atoms with Crippen LogP contribution in [0.15, 0.2) is 30.3 Å². The molecule has 0 saturated heterocycles. The molecule has 0 spiro atoms. The molecular weight excluding hydrogens is 191 g/mol. The van der Waals surface area contributed by atoms with Crippen molar-refractivity contribution in [2.75, 3.05) is 26.2 Å². The van der Waals surface area contributed by atoms with Gasteiger partial charge in [-0.2, -0.15) is 0 Å². The molecule has 0 aliphatic heterocycles. The average Bonchev–Trinajstić information content (AvgIpc) is 2.03. The molecule has 0 atom stereocenters. The van der Waals surface area contributed by atoms with Gasteiger partial charge >= 0.3 is 85.9 Å². The van der Waals surface area contributed by atoms with E-state index in [2.05, 4.69) is 44.3 Å². The van der Waals surface area contributed by atoms with Gasteiger partial charge in [0.15, 0.2) is 0 Å². The van der Waals surface area contributed by atoms with E-state index in [1.54, 1.807) is 0 Å². The van der Waals surface area contributed by atoms with Crippen LogP contribution in [-0.2, 0) is 11.0 Å². The van der Waals surface area contributed by atoms with Gasteiger partial charge in [0, 0.05) is 0 Å². The number of aldehydes is 1. The van der Waals surface area contributed by atoms with Gasteiger partial charge in [-0.1, -0.05) is 0 Å². The molecule has 0 saturated carbocycles. The van der Waals surface area contributed by atoms with Crippen LogP contribution >= 0.6 is 6.60 Å². The minimum atomic E-state index is -1.78. The number of rotatable bonds is 4. The molecule has 0 unspecified atom stereocenters. The van der Waals surface area contributed by atoms with Crippen molar-refractivity contribution in [2.45, 2.75) is 6.16 Å². The second-order valence-electron chi connectivity index (χ2n) is 5.46. The summed E-state index contributed by atoms with van der Waals surface area (Å²) >= 11 is 0. The molecular formula is C12H19OP. The standard InChI is InChI=1S/C12H19OP/c1-14(2,3,10-9-13)11-12-7-5-4-6-8-12/h4-9H,10-11H2,1-3H3. The van der Waals surface area contributed by atoms with E-state index in [0.29, 0.717) is 0 Å². The maximum atomic E-state index is 10.6. The Morgan fingerprint density at radius 3 is 2.21 bits per heavy atom. The fourth-order valence-electron chi connectivity index (χ4n) is 1.60. The number of carbonyl (C=O) groups excluding carboxylic acids is 1. The molecule has 1 aromatic rings. The van der Waals surface area contributed by atoms with Crippen molar-refractivity contribution in [3.05, 3.63) is 35.9 Å². The summed E-state index contributed by atoms with van der Waals surface area (Å²) in [5, 5.41) is 0. The molecule has 0 aliphatic rings. The second kappa shape index (κ2) is 3.82. The number of carbonyl (C=O) groups is 1. The van der Waals surface area contributed by atoms with Gasteiger partial charge in [0.25, 0.3) is 0 Å². The van der Waals surface area contributed by atoms with Crippen LogP contribution in [0.1, 0.15) is 5.56 Å². The Morgan fingerprint density at radius 2 is 1.71 bits per heavy atom. The Bertz CT molecular complexity index is 308. The van der Waals surface area contributed by atoms with E-state index in [4.69, 9.17) is 0 Å². The summed E-state index contributed by atoms with van der Waals surface area (Å²) in [6, 6.07) is 10.4. The maximum absolute atomic E-state index is 10.6. The monoisotopic (exact) mass is 210 g/mol. The van der Waals surface area contributed by atoms with Gasteiger partial charge in [0.05, 0.1) is 0 Å². The van der Waals surface area contributed by atoms with Crippen LogP contribution in [0.25, 0.3) is 0 Å². The quantitative estimate of drug-likeness (QED) is 0.551. The molecule has 78 valence electrons. The van der Waals surface area contributed by atoms with Crippen molar-refractivity contribution in [1.82, 2.24) is 0 Å². The third kappa shape index (κ3) is 3.59. The van der Waals surface area contributed by atoms with Crippen molar-refractivity contribution in [3.8, 4) is 0 Å². The fraction of sp³-hybridized carbons (Fsp3) is 0.417. The molecule has 1 rings (SSSR count). The summed E-state index contributed by atoms with van der Waals surface area (Å²) in [5.74, 6) is 0. The van der Waals surface area contributed by atoms with Crippen LogP contribution in [0, 0.1) is 0 Å². The van der Waals surface area contributed by atoms with Gasteiger partial charge in [-0.3, -0.25) is 0 Å². The molecule has 2 heteroatoms. The Morgan fingerprint density at radius 1 is 1.14 bits per heavy atom. The number of hydrogen-bond donors (Lipinski definition) is 0. The molecule has 0 radical (unpaired) electrons. The molecule has 14 heavy (non-hydrogen) atoms. The summed E-state index contributed by atoms with van der Waals surface area (Å²) in [5.41, 5.74) is 1.35. The first kappa shape index (κ1) is 11.4. The van der Waals surface area contributed by atoms with E-state index in [0.717, 1.165) is 18.6 Å². The second-order valence-corrected chi connectivity index (χ2v) is 13.1. The molecule has 0 fully saturated rings. The van der Waals surface area contributed by atoms with Gasteiger partial charge < -0.3 is 0 Å². The van der Waals surface area contributed by atoms with Crippen molar-refractivity contribution < 1.29 is 4.79 Å². The summed E-state index contributed by atoms with van der Waals surface area (Å²) in [6.07, 6.45) is 2.85. The van der Waals surface area contributed by atoms with Crippen molar-refractivity contribution >= 4 is 12.9 Å². The van der Waals surface area contributed by atoms with E-state index in [-0.39, 0.29) is 0 Å². The van der Waals surface area contributed by atoms with Crippen molar-refractivity contribution in [1.29, 1.82) is 0 Å². The molecule has 0 aliphatic carbocycles. The van der Waals surface area contributed by atoms with E-state index >= 15 is 0 Å². The van der Waals surface area contributed by atoms with Gasteiger partial charge in [0.2, 0.25) is 0 Å². The van der Waals surface area contributed by atoms with Crippen LogP contribution in [0.5, 0.6) is 0 Å². The van der Waals surface area contributed by atoms with Crippen LogP contribution in [0.2, 0.25) is 0 Å². The summed E-state index contributed by atoms with van der Waals surface area (Å²) in [6.45, 7) is 5.04. The predicted molar refractivity (Wildman–Crippen MR) is 65.8 cm³/mol. The van der Waals surface area contributed by atoms with Crippen LogP contribution in [0.3, 0.4) is 0 Å². The first-order chi connectivity index (χ1) is 6.41. The molecule has 0 heterocycles. The number of benzene rings is 1. The SMILES string of the molecule is CP(C)(C)(CC=O)Cc1ccccc1. The van der Waals surface area contributed by atoms with Gasteiger partial charge in [-0.25, -0.2) is 0 Å². The van der Waals surface area contributed by atoms with Gasteiger partial charge in [-0.15, -0.1) is 0 Å². The Hall–Kier alpha value is -0.680. The number of hydrogen-bond acceptors (Lipinski definition) is 1. The van der Waals surface area contributed by atoms with Crippen LogP contribution in [-0.4, -0.2) is 32.4 Å². The van der Waals surface area contributed by atoms with Crippen LogP contribution in [0.4, 0.5) is 0 Å². The fourth-order valence-corrected chi connectivity index (χ4v) is 3.85. The topological polar surface area (TPSA) is 17.1 Å². The third-order valence-electron chi connectivity index (χ3n) is 2.36. The molecule has 0 N–H and O–H groups in total. The minimum absolute atomic E-state index is 0.723. The Labute approximate surface area is 86.5 Å². The average molecular weight is 210 g/mol. The first-order valence-corrected chi connectivity index (χ1v) is 8.83. The molecule has 1 aromatic carbocycles. The van der Waals surface area contributed by atoms with Crippen molar-refractivity contribution in [3.63, 3.8) is 0 Å². The normalized spacial score (nSPS) is 14.4. The van der Waals surface area contributed by atoms with E-state index in [1.165, 1.54) is 5.56 Å². The van der Waals surface area contributed by atoms with E-state index < -0.39 is 6.60 Å².